The molecule has 0 fully saturated rings. The zero-order chi connectivity index (χ0) is 14.5. The molecule has 2 heterocycles. The second-order valence-corrected chi connectivity index (χ2v) is 5.85. The van der Waals surface area contributed by atoms with E-state index < -0.39 is 5.60 Å². The normalized spacial score (nSPS) is 15.8. The first-order valence-corrected chi connectivity index (χ1v) is 6.59. The molecular formula is C14H14ClN3O2. The van der Waals surface area contributed by atoms with E-state index in [2.05, 4.69) is 4.98 Å². The number of aromatic nitrogens is 2. The number of ether oxygens (including phenoxy) is 1. The first-order chi connectivity index (χ1) is 9.39. The molecule has 1 aromatic heterocycles. The quantitative estimate of drug-likeness (QED) is 0.820. The molecule has 0 unspecified atom stereocenters. The maximum Gasteiger partial charge on any atom is 0.266 e. The third-order valence-electron chi connectivity index (χ3n) is 3.32. The minimum Gasteiger partial charge on any atom is -0.486 e. The van der Waals surface area contributed by atoms with Crippen LogP contribution in [0.4, 0.5) is 5.69 Å². The Morgan fingerprint density at radius 3 is 2.95 bits per heavy atom. The van der Waals surface area contributed by atoms with Crippen LogP contribution >= 0.6 is 11.6 Å². The second kappa shape index (κ2) is 4.24. The van der Waals surface area contributed by atoms with Crippen molar-refractivity contribution in [2.45, 2.75) is 25.9 Å². The van der Waals surface area contributed by atoms with Crippen LogP contribution in [0.2, 0.25) is 5.02 Å². The summed E-state index contributed by atoms with van der Waals surface area (Å²) in [6, 6.07) is 1.56. The number of fused-ring (bicyclic) bond motifs is 1. The van der Waals surface area contributed by atoms with Crippen LogP contribution in [0.25, 0.3) is 0 Å². The largest absolute Gasteiger partial charge is 0.486 e. The SMILES string of the molecule is CC1(C)Cc2c(N)c(Cl)cc(C(=O)n3ccnc3)c2O1. The van der Waals surface area contributed by atoms with Gasteiger partial charge in [-0.15, -0.1) is 0 Å². The van der Waals surface area contributed by atoms with Crippen molar-refractivity contribution >= 4 is 23.2 Å². The maximum absolute atomic E-state index is 12.5. The summed E-state index contributed by atoms with van der Waals surface area (Å²) in [4.78, 5) is 16.4. The van der Waals surface area contributed by atoms with Crippen LogP contribution in [-0.2, 0) is 6.42 Å². The van der Waals surface area contributed by atoms with Gasteiger partial charge in [0.2, 0.25) is 0 Å². The zero-order valence-electron chi connectivity index (χ0n) is 11.2. The summed E-state index contributed by atoms with van der Waals surface area (Å²) in [7, 11) is 0. The molecule has 2 N–H and O–H groups in total. The Morgan fingerprint density at radius 1 is 1.55 bits per heavy atom. The van der Waals surface area contributed by atoms with Crippen LogP contribution in [0.15, 0.2) is 24.8 Å². The molecule has 0 saturated heterocycles. The molecule has 0 atom stereocenters. The lowest BCUT2D eigenvalue weighted by atomic mass is 9.98. The highest BCUT2D eigenvalue weighted by molar-refractivity contribution is 6.33. The minimum atomic E-state index is -0.398. The van der Waals surface area contributed by atoms with Gasteiger partial charge in [-0.3, -0.25) is 9.36 Å². The number of imidazole rings is 1. The highest BCUT2D eigenvalue weighted by atomic mass is 35.5. The number of anilines is 1. The Hall–Kier alpha value is -2.01. The molecule has 1 aliphatic rings. The number of nitrogens with two attached hydrogens (primary N) is 1. The van der Waals surface area contributed by atoms with Crippen molar-refractivity contribution in [3.05, 3.63) is 40.9 Å². The Kier molecular flexibility index (Phi) is 2.76. The van der Waals surface area contributed by atoms with Gasteiger partial charge < -0.3 is 10.5 Å². The highest BCUT2D eigenvalue weighted by Gasteiger charge is 2.36. The molecule has 5 nitrogen and oxygen atoms in total. The number of nitrogens with zero attached hydrogens (tertiary/aromatic N) is 2. The molecule has 1 aliphatic heterocycles. The van der Waals surface area contributed by atoms with E-state index in [1.54, 1.807) is 18.5 Å². The molecule has 3 rings (SSSR count). The average molecular weight is 292 g/mol. The smallest absolute Gasteiger partial charge is 0.266 e. The lowest BCUT2D eigenvalue weighted by Gasteiger charge is -2.18. The summed E-state index contributed by atoms with van der Waals surface area (Å²) in [5, 5.41) is 0.369. The van der Waals surface area contributed by atoms with Gasteiger partial charge >= 0.3 is 0 Å². The molecule has 0 aliphatic carbocycles. The highest BCUT2D eigenvalue weighted by Crippen LogP contribution is 2.44. The number of hydrogen-bond acceptors (Lipinski definition) is 4. The zero-order valence-corrected chi connectivity index (χ0v) is 11.9. The second-order valence-electron chi connectivity index (χ2n) is 5.44. The van der Waals surface area contributed by atoms with E-state index in [-0.39, 0.29) is 5.91 Å². The fraction of sp³-hybridized carbons (Fsp3) is 0.286. The molecule has 0 radical (unpaired) electrons. The van der Waals surface area contributed by atoms with E-state index in [1.165, 1.54) is 10.9 Å². The summed E-state index contributed by atoms with van der Waals surface area (Å²) in [6.45, 7) is 3.90. The topological polar surface area (TPSA) is 70.1 Å². The van der Waals surface area contributed by atoms with Gasteiger partial charge in [0.15, 0.2) is 0 Å². The lowest BCUT2D eigenvalue weighted by Crippen LogP contribution is -2.25. The van der Waals surface area contributed by atoms with Crippen molar-refractivity contribution < 1.29 is 9.53 Å². The monoisotopic (exact) mass is 291 g/mol. The van der Waals surface area contributed by atoms with Gasteiger partial charge in [-0.05, 0) is 19.9 Å². The van der Waals surface area contributed by atoms with Crippen LogP contribution in [0, 0.1) is 0 Å². The van der Waals surface area contributed by atoms with Crippen LogP contribution < -0.4 is 10.5 Å². The summed E-state index contributed by atoms with van der Waals surface area (Å²) < 4.78 is 7.27. The van der Waals surface area contributed by atoms with Gasteiger partial charge in [0.1, 0.15) is 17.7 Å². The molecule has 20 heavy (non-hydrogen) atoms. The molecule has 0 saturated carbocycles. The van der Waals surface area contributed by atoms with Crippen LogP contribution in [-0.4, -0.2) is 21.1 Å². The minimum absolute atomic E-state index is 0.238. The molecule has 0 bridgehead atoms. The van der Waals surface area contributed by atoms with Crippen molar-refractivity contribution in [1.29, 1.82) is 0 Å². The van der Waals surface area contributed by atoms with E-state index in [4.69, 9.17) is 22.1 Å². The fourth-order valence-corrected chi connectivity index (χ4v) is 2.63. The van der Waals surface area contributed by atoms with Crippen LogP contribution in [0.5, 0.6) is 5.75 Å². The Bertz CT molecular complexity index is 693. The van der Waals surface area contributed by atoms with Crippen molar-refractivity contribution in [1.82, 2.24) is 9.55 Å². The molecule has 0 amide bonds. The number of nitrogen functional groups attached to an aromatic ring is 1. The predicted octanol–water partition coefficient (Wildman–Crippen LogP) is 2.52. The summed E-state index contributed by atoms with van der Waals surface area (Å²) in [5.41, 5.74) is 7.29. The Labute approximate surface area is 121 Å². The molecular weight excluding hydrogens is 278 g/mol. The first kappa shape index (κ1) is 13.0. The Balaban J connectivity index is 2.17. The van der Waals surface area contributed by atoms with E-state index in [1.807, 2.05) is 13.8 Å². The van der Waals surface area contributed by atoms with Gasteiger partial charge in [-0.25, -0.2) is 4.98 Å². The van der Waals surface area contributed by atoms with Crippen molar-refractivity contribution in [2.24, 2.45) is 0 Å². The third-order valence-corrected chi connectivity index (χ3v) is 3.64. The van der Waals surface area contributed by atoms with Gasteiger partial charge in [-0.2, -0.15) is 0 Å². The van der Waals surface area contributed by atoms with E-state index in [0.717, 1.165) is 5.56 Å². The van der Waals surface area contributed by atoms with Gasteiger partial charge in [-0.1, -0.05) is 11.6 Å². The number of halogens is 1. The predicted molar refractivity (Wildman–Crippen MR) is 76.2 cm³/mol. The molecule has 1 aromatic carbocycles. The molecule has 6 heteroatoms. The Morgan fingerprint density at radius 2 is 2.30 bits per heavy atom. The average Bonchev–Trinajstić information content (AvgIpc) is 3.00. The lowest BCUT2D eigenvalue weighted by molar-refractivity contribution is 0.0945. The summed E-state index contributed by atoms with van der Waals surface area (Å²) in [6.07, 6.45) is 5.19. The maximum atomic E-state index is 12.5. The summed E-state index contributed by atoms with van der Waals surface area (Å²) >= 11 is 6.14. The third kappa shape index (κ3) is 1.94. The van der Waals surface area contributed by atoms with Crippen LogP contribution in [0.1, 0.15) is 29.8 Å². The van der Waals surface area contributed by atoms with Crippen molar-refractivity contribution in [2.75, 3.05) is 5.73 Å². The van der Waals surface area contributed by atoms with Crippen molar-refractivity contribution in [3.63, 3.8) is 0 Å². The van der Waals surface area contributed by atoms with Crippen LogP contribution in [0.3, 0.4) is 0 Å². The van der Waals surface area contributed by atoms with E-state index in [0.29, 0.717) is 28.4 Å². The fourth-order valence-electron chi connectivity index (χ4n) is 2.41. The number of hydrogen-bond donors (Lipinski definition) is 1. The van der Waals surface area contributed by atoms with Crippen molar-refractivity contribution in [3.8, 4) is 5.75 Å². The summed E-state index contributed by atoms with van der Waals surface area (Å²) in [5.74, 6) is 0.286. The number of carbonyl (C=O) groups is 1. The molecule has 0 spiro atoms. The van der Waals surface area contributed by atoms with E-state index in [9.17, 15) is 4.79 Å². The molecule has 104 valence electrons. The number of rotatable bonds is 1. The van der Waals surface area contributed by atoms with E-state index >= 15 is 0 Å². The number of carbonyl (C=O) groups excluding carboxylic acids is 1. The molecule has 2 aromatic rings. The van der Waals surface area contributed by atoms with Gasteiger partial charge in [0.05, 0.1) is 16.3 Å². The van der Waals surface area contributed by atoms with Gasteiger partial charge in [0, 0.05) is 24.4 Å². The van der Waals surface area contributed by atoms with Gasteiger partial charge in [0.25, 0.3) is 5.91 Å². The first-order valence-electron chi connectivity index (χ1n) is 6.21. The number of benzene rings is 1. The standard InChI is InChI=1S/C14H14ClN3O2/c1-14(2)6-9-11(16)10(15)5-8(12(9)20-14)13(19)18-4-3-17-7-18/h3-5,7H,6,16H2,1-2H3.